The van der Waals surface area contributed by atoms with Crippen molar-refractivity contribution in [3.8, 4) is 5.75 Å². The molecule has 1 heterocycles. The van der Waals surface area contributed by atoms with E-state index < -0.39 is 0 Å². The molecule has 0 aromatic heterocycles. The van der Waals surface area contributed by atoms with Crippen LogP contribution in [-0.2, 0) is 17.8 Å². The van der Waals surface area contributed by atoms with Crippen LogP contribution in [0.2, 0.25) is 0 Å². The molecule has 3 nitrogen and oxygen atoms in total. The maximum atomic E-state index is 5.86. The molecule has 3 rings (SSSR count). The van der Waals surface area contributed by atoms with Gasteiger partial charge in [-0.05, 0) is 43.0 Å². The van der Waals surface area contributed by atoms with Crippen molar-refractivity contribution in [2.45, 2.75) is 39.0 Å². The zero-order valence-corrected chi connectivity index (χ0v) is 13.8. The predicted octanol–water partition coefficient (Wildman–Crippen LogP) is 3.84. The highest BCUT2D eigenvalue weighted by Crippen LogP contribution is 2.17. The zero-order chi connectivity index (χ0) is 15.9. The third-order valence-corrected chi connectivity index (χ3v) is 4.10. The average molecular weight is 311 g/mol. The molecule has 1 aliphatic heterocycles. The quantitative estimate of drug-likeness (QED) is 0.842. The molecule has 23 heavy (non-hydrogen) atoms. The minimum absolute atomic E-state index is 0.262. The first-order valence-electron chi connectivity index (χ1n) is 8.39. The summed E-state index contributed by atoms with van der Waals surface area (Å²) in [6, 6.07) is 16.9. The van der Waals surface area contributed by atoms with Gasteiger partial charge in [-0.3, -0.25) is 0 Å². The first kappa shape index (κ1) is 16.0. The van der Waals surface area contributed by atoms with Gasteiger partial charge in [0.25, 0.3) is 0 Å². The van der Waals surface area contributed by atoms with Crippen molar-refractivity contribution < 1.29 is 9.47 Å². The fraction of sp³-hybridized carbons (Fsp3) is 0.400. The molecule has 3 heteroatoms. The Morgan fingerprint density at radius 1 is 1.09 bits per heavy atom. The van der Waals surface area contributed by atoms with Crippen molar-refractivity contribution in [2.75, 3.05) is 13.2 Å². The highest BCUT2D eigenvalue weighted by molar-refractivity contribution is 5.28. The lowest BCUT2D eigenvalue weighted by atomic mass is 10.1. The van der Waals surface area contributed by atoms with E-state index in [2.05, 4.69) is 54.7 Å². The first-order valence-corrected chi connectivity index (χ1v) is 8.39. The molecule has 2 aromatic rings. The highest BCUT2D eigenvalue weighted by atomic mass is 16.5. The largest absolute Gasteiger partial charge is 0.491 e. The van der Waals surface area contributed by atoms with Gasteiger partial charge < -0.3 is 14.8 Å². The Hall–Kier alpha value is -1.84. The first-order chi connectivity index (χ1) is 11.3. The minimum atomic E-state index is 0.262. The second kappa shape index (κ2) is 8.14. The van der Waals surface area contributed by atoms with Crippen LogP contribution in [-0.4, -0.2) is 19.3 Å². The fourth-order valence-corrected chi connectivity index (χ4v) is 2.88. The van der Waals surface area contributed by atoms with Gasteiger partial charge in [0.1, 0.15) is 12.4 Å². The molecule has 0 saturated carbocycles. The van der Waals surface area contributed by atoms with Crippen molar-refractivity contribution in [1.82, 2.24) is 5.32 Å². The summed E-state index contributed by atoms with van der Waals surface area (Å²) in [5.41, 5.74) is 3.85. The van der Waals surface area contributed by atoms with Gasteiger partial charge in [-0.15, -0.1) is 0 Å². The van der Waals surface area contributed by atoms with E-state index in [1.54, 1.807) is 0 Å². The maximum absolute atomic E-state index is 5.86. The summed E-state index contributed by atoms with van der Waals surface area (Å²) < 4.78 is 11.4. The predicted molar refractivity (Wildman–Crippen MR) is 92.6 cm³/mol. The normalized spacial score (nSPS) is 17.3. The van der Waals surface area contributed by atoms with Gasteiger partial charge in [0, 0.05) is 19.7 Å². The van der Waals surface area contributed by atoms with Gasteiger partial charge in [0.15, 0.2) is 0 Å². The summed E-state index contributed by atoms with van der Waals surface area (Å²) in [4.78, 5) is 0. The third kappa shape index (κ3) is 5.08. The van der Waals surface area contributed by atoms with Crippen LogP contribution in [0, 0.1) is 6.92 Å². The zero-order valence-electron chi connectivity index (χ0n) is 13.8. The van der Waals surface area contributed by atoms with Crippen molar-refractivity contribution in [3.05, 3.63) is 65.2 Å². The Bertz CT molecular complexity index is 621. The molecule has 2 aromatic carbocycles. The summed E-state index contributed by atoms with van der Waals surface area (Å²) in [6.07, 6.45) is 2.52. The molecule has 0 amide bonds. The van der Waals surface area contributed by atoms with Crippen LogP contribution < -0.4 is 10.1 Å². The van der Waals surface area contributed by atoms with Gasteiger partial charge >= 0.3 is 0 Å². The SMILES string of the molecule is Cc1cccc(CNCc2cccc(OCC3CCCO3)c2)c1. The number of hydrogen-bond donors (Lipinski definition) is 1. The molecule has 1 aliphatic rings. The molecule has 1 N–H and O–H groups in total. The molecule has 122 valence electrons. The summed E-state index contributed by atoms with van der Waals surface area (Å²) in [6.45, 7) is 5.36. The van der Waals surface area contributed by atoms with Crippen molar-refractivity contribution in [3.63, 3.8) is 0 Å². The number of benzene rings is 2. The Morgan fingerprint density at radius 2 is 1.87 bits per heavy atom. The molecule has 1 fully saturated rings. The van der Waals surface area contributed by atoms with Gasteiger partial charge in [-0.1, -0.05) is 42.0 Å². The fourth-order valence-electron chi connectivity index (χ4n) is 2.88. The molecule has 0 radical (unpaired) electrons. The molecule has 0 aliphatic carbocycles. The van der Waals surface area contributed by atoms with Crippen LogP contribution in [0.3, 0.4) is 0 Å². The van der Waals surface area contributed by atoms with E-state index in [1.807, 2.05) is 6.07 Å². The monoisotopic (exact) mass is 311 g/mol. The Labute approximate surface area is 138 Å². The van der Waals surface area contributed by atoms with Crippen molar-refractivity contribution in [2.24, 2.45) is 0 Å². The Morgan fingerprint density at radius 3 is 2.61 bits per heavy atom. The minimum Gasteiger partial charge on any atom is -0.491 e. The molecule has 0 bridgehead atoms. The number of nitrogens with one attached hydrogen (secondary N) is 1. The van der Waals surface area contributed by atoms with E-state index in [0.29, 0.717) is 6.61 Å². The smallest absolute Gasteiger partial charge is 0.119 e. The molecule has 0 spiro atoms. The van der Waals surface area contributed by atoms with E-state index >= 15 is 0 Å². The Balaban J connectivity index is 1.47. The van der Waals surface area contributed by atoms with Crippen LogP contribution in [0.15, 0.2) is 48.5 Å². The highest BCUT2D eigenvalue weighted by Gasteiger charge is 2.15. The lowest BCUT2D eigenvalue weighted by molar-refractivity contribution is 0.0679. The van der Waals surface area contributed by atoms with Gasteiger partial charge in [-0.2, -0.15) is 0 Å². The van der Waals surface area contributed by atoms with Crippen molar-refractivity contribution >= 4 is 0 Å². The molecular weight excluding hydrogens is 286 g/mol. The van der Waals surface area contributed by atoms with Crippen LogP contribution in [0.1, 0.15) is 29.5 Å². The van der Waals surface area contributed by atoms with E-state index in [9.17, 15) is 0 Å². The summed E-state index contributed by atoms with van der Waals surface area (Å²) in [5, 5.41) is 3.49. The molecule has 1 unspecified atom stereocenters. The van der Waals surface area contributed by atoms with Crippen LogP contribution in [0.4, 0.5) is 0 Å². The van der Waals surface area contributed by atoms with E-state index in [-0.39, 0.29) is 6.10 Å². The van der Waals surface area contributed by atoms with Gasteiger partial charge in [-0.25, -0.2) is 0 Å². The van der Waals surface area contributed by atoms with Crippen molar-refractivity contribution in [1.29, 1.82) is 0 Å². The second-order valence-corrected chi connectivity index (χ2v) is 6.19. The lowest BCUT2D eigenvalue weighted by Gasteiger charge is -2.12. The third-order valence-electron chi connectivity index (χ3n) is 4.10. The average Bonchev–Trinajstić information content (AvgIpc) is 3.07. The van der Waals surface area contributed by atoms with Crippen LogP contribution in [0.5, 0.6) is 5.75 Å². The van der Waals surface area contributed by atoms with Crippen LogP contribution in [0.25, 0.3) is 0 Å². The molecule has 1 atom stereocenters. The van der Waals surface area contributed by atoms with Gasteiger partial charge in [0.05, 0.1) is 6.10 Å². The standard InChI is InChI=1S/C20H25NO2/c1-16-5-2-6-17(11-16)13-21-14-18-7-3-8-19(12-18)23-15-20-9-4-10-22-20/h2-3,5-8,11-12,20-21H,4,9-10,13-15H2,1H3. The maximum Gasteiger partial charge on any atom is 0.119 e. The number of ether oxygens (including phenoxy) is 2. The lowest BCUT2D eigenvalue weighted by Crippen LogP contribution is -2.16. The molecule has 1 saturated heterocycles. The van der Waals surface area contributed by atoms with Crippen LogP contribution >= 0.6 is 0 Å². The number of aryl methyl sites for hydroxylation is 1. The number of hydrogen-bond acceptors (Lipinski definition) is 3. The van der Waals surface area contributed by atoms with E-state index in [0.717, 1.165) is 38.3 Å². The van der Waals surface area contributed by atoms with E-state index in [1.165, 1.54) is 16.7 Å². The Kier molecular flexibility index (Phi) is 5.67. The summed E-state index contributed by atoms with van der Waals surface area (Å²) in [5.74, 6) is 0.926. The topological polar surface area (TPSA) is 30.5 Å². The summed E-state index contributed by atoms with van der Waals surface area (Å²) >= 11 is 0. The molecular formula is C20H25NO2. The summed E-state index contributed by atoms with van der Waals surface area (Å²) in [7, 11) is 0. The van der Waals surface area contributed by atoms with E-state index in [4.69, 9.17) is 9.47 Å². The second-order valence-electron chi connectivity index (χ2n) is 6.19. The number of rotatable bonds is 7. The van der Waals surface area contributed by atoms with Gasteiger partial charge in [0.2, 0.25) is 0 Å².